The van der Waals surface area contributed by atoms with Crippen molar-refractivity contribution in [2.45, 2.75) is 0 Å². The zero-order valence-electron chi connectivity index (χ0n) is 16.6. The lowest BCUT2D eigenvalue weighted by atomic mass is 10.0. The Kier molecular flexibility index (Phi) is 20.2. The van der Waals surface area contributed by atoms with Crippen LogP contribution in [0.1, 0.15) is 0 Å². The minimum atomic E-state index is 0. The molecule has 0 bridgehead atoms. The van der Waals surface area contributed by atoms with E-state index in [1.54, 1.807) is 0 Å². The summed E-state index contributed by atoms with van der Waals surface area (Å²) in [6, 6.07) is 24.6. The normalized spacial score (nSPS) is 8.28. The number of hydrogen-bond acceptors (Lipinski definition) is 1. The number of aromatic amines is 2. The molecule has 3 aromatic heterocycles. The summed E-state index contributed by atoms with van der Waals surface area (Å²) in [5.41, 5.74) is 6.07. The first kappa shape index (κ1) is 37.2. The van der Waals surface area contributed by atoms with E-state index in [1.165, 1.54) is 0 Å². The second kappa shape index (κ2) is 17.4. The third-order valence-corrected chi connectivity index (χ3v) is 4.50. The molecule has 0 atom stereocenters. The summed E-state index contributed by atoms with van der Waals surface area (Å²) in [6.45, 7) is 0. The van der Waals surface area contributed by atoms with E-state index in [-0.39, 0.29) is 59.1 Å². The second-order valence-corrected chi connectivity index (χ2v) is 6.60. The van der Waals surface area contributed by atoms with Gasteiger partial charge in [0.2, 0.25) is 11.4 Å². The Morgan fingerprint density at radius 1 is 0.594 bits per heavy atom. The number of hydrogen-bond donors (Lipinski definition) is 0. The van der Waals surface area contributed by atoms with Crippen molar-refractivity contribution in [3.8, 4) is 33.9 Å². The summed E-state index contributed by atoms with van der Waals surface area (Å²) in [5.74, 6) is 0. The van der Waals surface area contributed by atoms with Crippen LogP contribution in [0.25, 0.3) is 33.9 Å². The SMILES string of the molecule is Brc1ccc(-c2cc(-c3cccc[nH+]3)nc(-c3cccc[nH+]3)c2)cc1.O.O.O.[Cl-].[Cl-].[Cl-].[OH3+]. The monoisotopic (exact) mass is 567 g/mol. The molecule has 0 saturated heterocycles. The fraction of sp³-hybridized carbons (Fsp3) is 0. The number of H-pyrrole nitrogens is 2. The second-order valence-electron chi connectivity index (χ2n) is 5.69. The van der Waals surface area contributed by atoms with E-state index in [0.29, 0.717) is 0 Å². The molecule has 4 rings (SSSR count). The van der Waals surface area contributed by atoms with E-state index < -0.39 is 0 Å². The Morgan fingerprint density at radius 3 is 1.41 bits per heavy atom. The van der Waals surface area contributed by atoms with Crippen molar-refractivity contribution in [1.29, 1.82) is 0 Å². The molecule has 176 valence electrons. The molecular formula is C21H25BrCl3N3O4. The highest BCUT2D eigenvalue weighted by Crippen LogP contribution is 2.28. The fourth-order valence-corrected chi connectivity index (χ4v) is 2.99. The molecule has 4 aromatic rings. The number of nitrogens with one attached hydrogen (secondary N) is 2. The van der Waals surface area contributed by atoms with Crippen LogP contribution in [0, 0.1) is 0 Å². The lowest BCUT2D eigenvalue weighted by Crippen LogP contribution is -3.00. The molecule has 0 aliphatic heterocycles. The first-order chi connectivity index (χ1) is 12.3. The van der Waals surface area contributed by atoms with Crippen LogP contribution < -0.4 is 47.2 Å². The maximum absolute atomic E-state index is 4.85. The zero-order chi connectivity index (χ0) is 17.1. The average molecular weight is 570 g/mol. The number of aromatic nitrogens is 3. The van der Waals surface area contributed by atoms with Crippen molar-refractivity contribution < 1.29 is 69.1 Å². The van der Waals surface area contributed by atoms with E-state index in [0.717, 1.165) is 38.4 Å². The minimum absolute atomic E-state index is 0. The molecule has 0 fully saturated rings. The van der Waals surface area contributed by atoms with Gasteiger partial charge in [-0.25, -0.2) is 15.0 Å². The lowest BCUT2D eigenvalue weighted by Gasteiger charge is -2.06. The maximum Gasteiger partial charge on any atom is 0.229 e. The molecule has 0 amide bonds. The van der Waals surface area contributed by atoms with Gasteiger partial charge in [0.05, 0.1) is 0 Å². The smallest absolute Gasteiger partial charge is 0.229 e. The third-order valence-electron chi connectivity index (χ3n) is 3.97. The van der Waals surface area contributed by atoms with Gasteiger partial charge in [-0.1, -0.05) is 28.1 Å². The predicted molar refractivity (Wildman–Crippen MR) is 117 cm³/mol. The average Bonchev–Trinajstić information content (AvgIpc) is 2.69. The molecule has 32 heavy (non-hydrogen) atoms. The van der Waals surface area contributed by atoms with E-state index >= 15 is 0 Å². The number of halogens is 4. The number of nitrogens with zero attached hydrogens (tertiary/aromatic N) is 1. The summed E-state index contributed by atoms with van der Waals surface area (Å²) >= 11 is 3.50. The summed E-state index contributed by atoms with van der Waals surface area (Å²) in [4.78, 5) is 11.4. The van der Waals surface area contributed by atoms with Crippen molar-refractivity contribution in [2.24, 2.45) is 0 Å². The van der Waals surface area contributed by atoms with Crippen LogP contribution in [0.2, 0.25) is 0 Å². The van der Waals surface area contributed by atoms with E-state index in [9.17, 15) is 0 Å². The number of pyridine rings is 3. The standard InChI is InChI=1S/C21H14BrN3.3ClH.4H2O/c22-17-9-7-15(8-10-17)16-13-20(18-5-1-3-11-23-18)25-21(14-16)19-6-2-4-12-24-19;;;;;;;/h1-14H;3*1H;4*1H2. The number of rotatable bonds is 3. The maximum atomic E-state index is 4.85. The van der Waals surface area contributed by atoms with Crippen molar-refractivity contribution >= 4 is 15.9 Å². The molecular weight excluding hydrogens is 545 g/mol. The Hall–Kier alpha value is -2.14. The molecule has 7 nitrogen and oxygen atoms in total. The molecule has 0 aliphatic carbocycles. The van der Waals surface area contributed by atoms with Crippen molar-refractivity contribution in [3.63, 3.8) is 0 Å². The molecule has 1 aromatic carbocycles. The van der Waals surface area contributed by atoms with Gasteiger partial charge in [0.15, 0.2) is 12.4 Å². The van der Waals surface area contributed by atoms with Crippen LogP contribution in [0.4, 0.5) is 0 Å². The molecule has 0 radical (unpaired) electrons. The molecule has 0 aliphatic rings. The molecule has 3 heterocycles. The van der Waals surface area contributed by atoms with Gasteiger partial charge in [0.1, 0.15) is 11.4 Å². The first-order valence-electron chi connectivity index (χ1n) is 8.02. The Balaban J connectivity index is -0.000000560. The highest BCUT2D eigenvalue weighted by Gasteiger charge is 2.14. The Bertz CT molecular complexity index is 958. The van der Waals surface area contributed by atoms with Crippen molar-refractivity contribution in [2.75, 3.05) is 0 Å². The minimum Gasteiger partial charge on any atom is -1.00 e. The Morgan fingerprint density at radius 2 is 1.03 bits per heavy atom. The molecule has 0 unspecified atom stereocenters. The van der Waals surface area contributed by atoms with Gasteiger partial charge in [-0.3, -0.25) is 0 Å². The highest BCUT2D eigenvalue weighted by molar-refractivity contribution is 9.10. The summed E-state index contributed by atoms with van der Waals surface area (Å²) < 4.78 is 1.07. The first-order valence-corrected chi connectivity index (χ1v) is 8.81. The van der Waals surface area contributed by atoms with E-state index in [4.69, 9.17) is 4.98 Å². The van der Waals surface area contributed by atoms with Gasteiger partial charge in [-0.15, -0.1) is 0 Å². The Labute approximate surface area is 213 Å². The summed E-state index contributed by atoms with van der Waals surface area (Å²) in [7, 11) is 0. The van der Waals surface area contributed by atoms with E-state index in [2.05, 4.69) is 62.3 Å². The lowest BCUT2D eigenvalue weighted by molar-refractivity contribution is -0.365. The van der Waals surface area contributed by atoms with Crippen LogP contribution in [-0.4, -0.2) is 21.4 Å². The largest absolute Gasteiger partial charge is 1.00 e. The third kappa shape index (κ3) is 8.78. The van der Waals surface area contributed by atoms with Crippen molar-refractivity contribution in [1.82, 2.24) is 4.98 Å². The quantitative estimate of drug-likeness (QED) is 0.220. The van der Waals surface area contributed by atoms with Crippen molar-refractivity contribution in [3.05, 3.63) is 89.7 Å². The molecule has 11 N–H and O–H groups in total. The molecule has 0 saturated carbocycles. The van der Waals surface area contributed by atoms with E-state index in [1.807, 2.05) is 48.8 Å². The van der Waals surface area contributed by atoms with Gasteiger partial charge in [0.25, 0.3) is 0 Å². The van der Waals surface area contributed by atoms with Gasteiger partial charge in [0, 0.05) is 28.7 Å². The predicted octanol–water partition coefficient (Wildman–Crippen LogP) is -7.91. The molecule has 0 spiro atoms. The van der Waals surface area contributed by atoms with Gasteiger partial charge in [-0.2, -0.15) is 0 Å². The number of benzene rings is 1. The summed E-state index contributed by atoms with van der Waals surface area (Å²) in [6.07, 6.45) is 3.83. The van der Waals surface area contributed by atoms with Gasteiger partial charge < -0.3 is 59.1 Å². The van der Waals surface area contributed by atoms with Gasteiger partial charge in [-0.05, 0) is 47.5 Å². The summed E-state index contributed by atoms with van der Waals surface area (Å²) in [5, 5.41) is 0. The van der Waals surface area contributed by atoms with Crippen LogP contribution in [0.15, 0.2) is 89.7 Å². The van der Waals surface area contributed by atoms with Crippen LogP contribution in [-0.2, 0) is 5.48 Å². The topological polar surface area (TPSA) is 169 Å². The van der Waals surface area contributed by atoms with Crippen LogP contribution >= 0.6 is 15.9 Å². The van der Waals surface area contributed by atoms with Crippen LogP contribution in [0.5, 0.6) is 0 Å². The fourth-order valence-electron chi connectivity index (χ4n) is 2.72. The highest BCUT2D eigenvalue weighted by atomic mass is 79.9. The van der Waals surface area contributed by atoms with Gasteiger partial charge >= 0.3 is 0 Å². The van der Waals surface area contributed by atoms with Crippen LogP contribution in [0.3, 0.4) is 0 Å². The zero-order valence-corrected chi connectivity index (χ0v) is 20.5. The molecule has 11 heteroatoms.